The Hall–Kier alpha value is -0.860. The van der Waals surface area contributed by atoms with E-state index in [1.54, 1.807) is 0 Å². The molecule has 0 amide bonds. The first kappa shape index (κ1) is 15.5. The van der Waals surface area contributed by atoms with Crippen molar-refractivity contribution >= 4 is 0 Å². The van der Waals surface area contributed by atoms with E-state index >= 15 is 0 Å². The molecule has 112 valence electrons. The summed E-state index contributed by atoms with van der Waals surface area (Å²) in [6.45, 7) is 7.50. The number of hydrogen-bond acceptors (Lipinski definition) is 2. The quantitative estimate of drug-likeness (QED) is 0.895. The van der Waals surface area contributed by atoms with Crippen molar-refractivity contribution in [1.29, 1.82) is 0 Å². The third kappa shape index (κ3) is 4.32. The molecule has 0 unspecified atom stereocenters. The monoisotopic (exact) mass is 275 g/mol. The lowest BCUT2D eigenvalue weighted by Crippen LogP contribution is -2.32. The van der Waals surface area contributed by atoms with Gasteiger partial charge >= 0.3 is 0 Å². The fourth-order valence-electron chi connectivity index (χ4n) is 2.83. The molecule has 1 fully saturated rings. The Kier molecular flexibility index (Phi) is 5.22. The zero-order valence-corrected chi connectivity index (χ0v) is 13.4. The summed E-state index contributed by atoms with van der Waals surface area (Å²) >= 11 is 0. The average molecular weight is 275 g/mol. The Morgan fingerprint density at radius 3 is 2.15 bits per heavy atom. The van der Waals surface area contributed by atoms with Crippen LogP contribution in [0.4, 0.5) is 0 Å². The maximum absolute atomic E-state index is 6.06. The van der Waals surface area contributed by atoms with Crippen molar-refractivity contribution < 1.29 is 4.74 Å². The fourth-order valence-corrected chi connectivity index (χ4v) is 2.83. The van der Waals surface area contributed by atoms with Gasteiger partial charge in [0, 0.05) is 6.04 Å². The van der Waals surface area contributed by atoms with Crippen LogP contribution in [0.5, 0.6) is 0 Å². The van der Waals surface area contributed by atoms with Crippen molar-refractivity contribution in [3.05, 3.63) is 35.4 Å². The van der Waals surface area contributed by atoms with Crippen LogP contribution in [0.15, 0.2) is 24.3 Å². The average Bonchev–Trinajstić information content (AvgIpc) is 2.45. The largest absolute Gasteiger partial charge is 0.374 e. The molecule has 2 nitrogen and oxygen atoms in total. The zero-order valence-electron chi connectivity index (χ0n) is 13.4. The first-order valence-corrected chi connectivity index (χ1v) is 7.87. The van der Waals surface area contributed by atoms with Crippen LogP contribution < -0.4 is 5.32 Å². The molecule has 0 heterocycles. The van der Waals surface area contributed by atoms with E-state index in [9.17, 15) is 0 Å². The first-order valence-electron chi connectivity index (χ1n) is 7.87. The molecule has 0 saturated heterocycles. The summed E-state index contributed by atoms with van der Waals surface area (Å²) in [4.78, 5) is 0. The highest BCUT2D eigenvalue weighted by Gasteiger charge is 2.20. The van der Waals surface area contributed by atoms with Crippen molar-refractivity contribution in [3.63, 3.8) is 0 Å². The van der Waals surface area contributed by atoms with Crippen LogP contribution in [0.1, 0.15) is 57.6 Å². The molecule has 1 aromatic rings. The van der Waals surface area contributed by atoms with Crippen molar-refractivity contribution in [3.8, 4) is 0 Å². The second-order valence-electron chi connectivity index (χ2n) is 7.02. The van der Waals surface area contributed by atoms with Gasteiger partial charge in [0.15, 0.2) is 0 Å². The molecule has 1 saturated carbocycles. The zero-order chi connectivity index (χ0) is 14.6. The number of nitrogens with one attached hydrogen (secondary N) is 1. The molecule has 1 aromatic carbocycles. The minimum absolute atomic E-state index is 0.227. The number of rotatable bonds is 4. The molecule has 0 aromatic heterocycles. The van der Waals surface area contributed by atoms with Crippen LogP contribution >= 0.6 is 0 Å². The van der Waals surface area contributed by atoms with E-state index in [0.717, 1.165) is 6.61 Å². The third-order valence-electron chi connectivity index (χ3n) is 4.39. The molecular formula is C18H29NO. The lowest BCUT2D eigenvalue weighted by molar-refractivity contribution is 0.0118. The molecule has 1 aliphatic carbocycles. The fraction of sp³-hybridized carbons (Fsp3) is 0.667. The van der Waals surface area contributed by atoms with Crippen LogP contribution in [-0.2, 0) is 16.8 Å². The standard InChI is InChI=1S/C18H29NO/c1-18(2,3)15-7-5-14(6-8-15)13-20-17-11-9-16(19-4)10-12-17/h5-8,16-17,19H,9-13H2,1-4H3. The van der Waals surface area contributed by atoms with Crippen LogP contribution in [0.2, 0.25) is 0 Å². The summed E-state index contributed by atoms with van der Waals surface area (Å²) in [5, 5.41) is 3.36. The lowest BCUT2D eigenvalue weighted by Gasteiger charge is -2.28. The minimum Gasteiger partial charge on any atom is -0.374 e. The van der Waals surface area contributed by atoms with E-state index in [1.807, 2.05) is 0 Å². The molecule has 20 heavy (non-hydrogen) atoms. The highest BCUT2D eigenvalue weighted by Crippen LogP contribution is 2.24. The molecule has 0 spiro atoms. The van der Waals surface area contributed by atoms with E-state index < -0.39 is 0 Å². The lowest BCUT2D eigenvalue weighted by atomic mass is 9.87. The number of benzene rings is 1. The first-order chi connectivity index (χ1) is 9.49. The smallest absolute Gasteiger partial charge is 0.0720 e. The Bertz CT molecular complexity index is 396. The molecule has 0 aliphatic heterocycles. The molecule has 2 heteroatoms. The van der Waals surface area contributed by atoms with Crippen LogP contribution in [0.3, 0.4) is 0 Å². The molecule has 0 radical (unpaired) electrons. The van der Waals surface area contributed by atoms with Gasteiger partial charge in [0.2, 0.25) is 0 Å². The van der Waals surface area contributed by atoms with E-state index in [0.29, 0.717) is 12.1 Å². The van der Waals surface area contributed by atoms with Gasteiger partial charge in [-0.2, -0.15) is 0 Å². The van der Waals surface area contributed by atoms with Crippen LogP contribution in [-0.4, -0.2) is 19.2 Å². The van der Waals surface area contributed by atoms with Gasteiger partial charge in [-0.05, 0) is 49.3 Å². The summed E-state index contributed by atoms with van der Waals surface area (Å²) in [5.41, 5.74) is 2.90. The van der Waals surface area contributed by atoms with Gasteiger partial charge in [0.1, 0.15) is 0 Å². The minimum atomic E-state index is 0.227. The third-order valence-corrected chi connectivity index (χ3v) is 4.39. The topological polar surface area (TPSA) is 21.3 Å². The Balaban J connectivity index is 1.80. The maximum atomic E-state index is 6.06. The summed E-state index contributed by atoms with van der Waals surface area (Å²) in [6.07, 6.45) is 5.30. The molecule has 1 N–H and O–H groups in total. The maximum Gasteiger partial charge on any atom is 0.0720 e. The predicted octanol–water partition coefficient (Wildman–Crippen LogP) is 4.03. The van der Waals surface area contributed by atoms with Gasteiger partial charge < -0.3 is 10.1 Å². The molecule has 0 bridgehead atoms. The number of hydrogen-bond donors (Lipinski definition) is 1. The molecule has 1 aliphatic rings. The predicted molar refractivity (Wildman–Crippen MR) is 85.0 cm³/mol. The second-order valence-corrected chi connectivity index (χ2v) is 7.02. The molecule has 0 atom stereocenters. The highest BCUT2D eigenvalue weighted by atomic mass is 16.5. The number of ether oxygens (including phenoxy) is 1. The molecule has 2 rings (SSSR count). The SMILES string of the molecule is CNC1CCC(OCc2ccc(C(C)(C)C)cc2)CC1. The van der Waals surface area contributed by atoms with Crippen molar-refractivity contribution in [2.24, 2.45) is 0 Å². The van der Waals surface area contributed by atoms with Gasteiger partial charge in [-0.1, -0.05) is 45.0 Å². The van der Waals surface area contributed by atoms with Crippen molar-refractivity contribution in [1.82, 2.24) is 5.32 Å². The van der Waals surface area contributed by atoms with Crippen molar-refractivity contribution in [2.45, 2.75) is 70.6 Å². The van der Waals surface area contributed by atoms with Gasteiger partial charge in [0.25, 0.3) is 0 Å². The van der Waals surface area contributed by atoms with Gasteiger partial charge in [-0.15, -0.1) is 0 Å². The Morgan fingerprint density at radius 1 is 1.05 bits per heavy atom. The normalized spacial score (nSPS) is 23.8. The summed E-state index contributed by atoms with van der Waals surface area (Å²) in [7, 11) is 2.06. The van der Waals surface area contributed by atoms with Crippen LogP contribution in [0.25, 0.3) is 0 Å². The van der Waals surface area contributed by atoms with E-state index in [2.05, 4.69) is 57.4 Å². The summed E-state index contributed by atoms with van der Waals surface area (Å²) < 4.78 is 6.06. The Morgan fingerprint density at radius 2 is 1.65 bits per heavy atom. The molecular weight excluding hydrogens is 246 g/mol. The summed E-state index contributed by atoms with van der Waals surface area (Å²) in [5.74, 6) is 0. The summed E-state index contributed by atoms with van der Waals surface area (Å²) in [6, 6.07) is 9.58. The van der Waals surface area contributed by atoms with E-state index in [-0.39, 0.29) is 5.41 Å². The van der Waals surface area contributed by atoms with Gasteiger partial charge in [-0.3, -0.25) is 0 Å². The van der Waals surface area contributed by atoms with Crippen LogP contribution in [0, 0.1) is 0 Å². The van der Waals surface area contributed by atoms with Gasteiger partial charge in [0.05, 0.1) is 12.7 Å². The van der Waals surface area contributed by atoms with E-state index in [1.165, 1.54) is 36.8 Å². The highest BCUT2D eigenvalue weighted by molar-refractivity contribution is 5.27. The van der Waals surface area contributed by atoms with Crippen molar-refractivity contribution in [2.75, 3.05) is 7.05 Å². The van der Waals surface area contributed by atoms with E-state index in [4.69, 9.17) is 4.74 Å². The van der Waals surface area contributed by atoms with Gasteiger partial charge in [-0.25, -0.2) is 0 Å². The second kappa shape index (κ2) is 6.73. The Labute approximate surface area is 123 Å².